The molecule has 0 aliphatic carbocycles. The summed E-state index contributed by atoms with van der Waals surface area (Å²) in [5.74, 6) is 0. The number of hydrogen-bond acceptors (Lipinski definition) is 3. The van der Waals surface area contributed by atoms with Crippen LogP contribution in [-0.2, 0) is 0 Å². The highest BCUT2D eigenvalue weighted by atomic mass is 15.2. The van der Waals surface area contributed by atoms with Crippen LogP contribution >= 0.6 is 0 Å². The SMILES string of the molecule is CN(CC1CCCN1C)CC1(C)CCCCN1. The van der Waals surface area contributed by atoms with E-state index in [1.54, 1.807) is 0 Å². The molecule has 1 N–H and O–H groups in total. The van der Waals surface area contributed by atoms with Crippen LogP contribution in [0.25, 0.3) is 0 Å². The first-order valence-corrected chi connectivity index (χ1v) is 7.23. The van der Waals surface area contributed by atoms with Gasteiger partial charge in [0.25, 0.3) is 0 Å². The zero-order chi connectivity index (χ0) is 12.3. The first-order valence-electron chi connectivity index (χ1n) is 7.23. The monoisotopic (exact) mass is 239 g/mol. The van der Waals surface area contributed by atoms with Crippen molar-refractivity contribution < 1.29 is 0 Å². The van der Waals surface area contributed by atoms with Gasteiger partial charge in [0.2, 0.25) is 0 Å². The molecule has 17 heavy (non-hydrogen) atoms. The van der Waals surface area contributed by atoms with E-state index in [-0.39, 0.29) is 0 Å². The molecule has 0 saturated carbocycles. The molecule has 2 aliphatic heterocycles. The highest BCUT2D eigenvalue weighted by Gasteiger charge is 2.29. The van der Waals surface area contributed by atoms with Crippen LogP contribution in [0, 0.1) is 0 Å². The predicted molar refractivity (Wildman–Crippen MR) is 73.4 cm³/mol. The third-order valence-corrected chi connectivity index (χ3v) is 4.52. The standard InChI is InChI=1S/C14H29N3/c1-14(8-4-5-9-15-14)12-16(2)11-13-7-6-10-17(13)3/h13,15H,4-12H2,1-3H3. The normalized spacial score (nSPS) is 35.6. The lowest BCUT2D eigenvalue weighted by molar-refractivity contribution is 0.156. The molecule has 0 aromatic heterocycles. The molecule has 0 aromatic rings. The van der Waals surface area contributed by atoms with E-state index in [9.17, 15) is 0 Å². The highest BCUT2D eigenvalue weighted by molar-refractivity contribution is 4.90. The summed E-state index contributed by atoms with van der Waals surface area (Å²) in [7, 11) is 4.56. The maximum absolute atomic E-state index is 3.71. The van der Waals surface area contributed by atoms with Gasteiger partial charge in [-0.3, -0.25) is 0 Å². The molecule has 2 aliphatic rings. The van der Waals surface area contributed by atoms with Gasteiger partial charge in [-0.05, 0) is 59.8 Å². The van der Waals surface area contributed by atoms with Crippen molar-refractivity contribution in [2.45, 2.75) is 50.6 Å². The average molecular weight is 239 g/mol. The second kappa shape index (κ2) is 5.68. The van der Waals surface area contributed by atoms with Crippen LogP contribution in [0.5, 0.6) is 0 Å². The number of likely N-dealkylation sites (N-methyl/N-ethyl adjacent to an activating group) is 2. The Morgan fingerprint density at radius 2 is 2.18 bits per heavy atom. The van der Waals surface area contributed by atoms with Crippen molar-refractivity contribution in [1.82, 2.24) is 15.1 Å². The summed E-state index contributed by atoms with van der Waals surface area (Å²) in [4.78, 5) is 5.05. The number of hydrogen-bond donors (Lipinski definition) is 1. The van der Waals surface area contributed by atoms with Crippen LogP contribution in [0.1, 0.15) is 39.0 Å². The molecule has 0 bridgehead atoms. The van der Waals surface area contributed by atoms with Gasteiger partial charge >= 0.3 is 0 Å². The second-order valence-corrected chi connectivity index (χ2v) is 6.42. The van der Waals surface area contributed by atoms with Gasteiger partial charge in [0, 0.05) is 24.7 Å². The van der Waals surface area contributed by atoms with Crippen molar-refractivity contribution in [1.29, 1.82) is 0 Å². The Morgan fingerprint density at radius 1 is 1.35 bits per heavy atom. The van der Waals surface area contributed by atoms with Gasteiger partial charge in [0.15, 0.2) is 0 Å². The summed E-state index contributed by atoms with van der Waals surface area (Å²) in [6.45, 7) is 7.30. The van der Waals surface area contributed by atoms with E-state index in [2.05, 4.69) is 36.1 Å². The molecule has 100 valence electrons. The maximum atomic E-state index is 3.71. The molecule has 2 fully saturated rings. The smallest absolute Gasteiger partial charge is 0.0280 e. The Hall–Kier alpha value is -0.120. The molecule has 0 spiro atoms. The Labute approximate surface area is 107 Å². The molecule has 2 rings (SSSR count). The van der Waals surface area contributed by atoms with Crippen LogP contribution in [0.3, 0.4) is 0 Å². The zero-order valence-corrected chi connectivity index (χ0v) is 11.8. The van der Waals surface area contributed by atoms with Gasteiger partial charge in [-0.1, -0.05) is 6.42 Å². The molecule has 3 heteroatoms. The van der Waals surface area contributed by atoms with Gasteiger partial charge in [0.05, 0.1) is 0 Å². The molecule has 0 amide bonds. The van der Waals surface area contributed by atoms with Gasteiger partial charge in [0.1, 0.15) is 0 Å². The average Bonchev–Trinajstić information content (AvgIpc) is 2.64. The molecule has 2 atom stereocenters. The van der Waals surface area contributed by atoms with Crippen molar-refractivity contribution in [3.63, 3.8) is 0 Å². The lowest BCUT2D eigenvalue weighted by Crippen LogP contribution is -2.54. The van der Waals surface area contributed by atoms with Gasteiger partial charge < -0.3 is 15.1 Å². The van der Waals surface area contributed by atoms with Crippen LogP contribution in [0.2, 0.25) is 0 Å². The summed E-state index contributed by atoms with van der Waals surface area (Å²) in [6.07, 6.45) is 6.83. The molecular formula is C14H29N3. The molecule has 3 nitrogen and oxygen atoms in total. The van der Waals surface area contributed by atoms with Crippen LogP contribution in [0.15, 0.2) is 0 Å². The minimum atomic E-state index is 0.351. The zero-order valence-electron chi connectivity index (χ0n) is 11.8. The third kappa shape index (κ3) is 3.67. The van der Waals surface area contributed by atoms with E-state index in [0.717, 1.165) is 6.04 Å². The van der Waals surface area contributed by atoms with Crippen LogP contribution in [0.4, 0.5) is 0 Å². The Bertz CT molecular complexity index is 236. The van der Waals surface area contributed by atoms with Gasteiger partial charge in [-0.25, -0.2) is 0 Å². The van der Waals surface area contributed by atoms with E-state index in [1.807, 2.05) is 0 Å². The number of nitrogens with one attached hydrogen (secondary N) is 1. The van der Waals surface area contributed by atoms with Crippen molar-refractivity contribution in [3.8, 4) is 0 Å². The lowest BCUT2D eigenvalue weighted by Gasteiger charge is -2.39. The number of likely N-dealkylation sites (tertiary alicyclic amines) is 1. The number of piperidine rings is 1. The van der Waals surface area contributed by atoms with Crippen molar-refractivity contribution in [3.05, 3.63) is 0 Å². The molecule has 2 unspecified atom stereocenters. The predicted octanol–water partition coefficient (Wildman–Crippen LogP) is 1.54. The quantitative estimate of drug-likeness (QED) is 0.803. The summed E-state index contributed by atoms with van der Waals surface area (Å²) in [6, 6.07) is 0.784. The van der Waals surface area contributed by atoms with Crippen molar-refractivity contribution in [2.75, 3.05) is 40.3 Å². The maximum Gasteiger partial charge on any atom is 0.0280 e. The third-order valence-electron chi connectivity index (χ3n) is 4.52. The minimum Gasteiger partial charge on any atom is -0.310 e. The number of rotatable bonds is 4. The van der Waals surface area contributed by atoms with E-state index in [4.69, 9.17) is 0 Å². The van der Waals surface area contributed by atoms with Crippen molar-refractivity contribution >= 4 is 0 Å². The molecule has 0 radical (unpaired) electrons. The Balaban J connectivity index is 1.77. The van der Waals surface area contributed by atoms with E-state index < -0.39 is 0 Å². The fraction of sp³-hybridized carbons (Fsp3) is 1.00. The molecule has 2 heterocycles. The summed E-state index contributed by atoms with van der Waals surface area (Å²) >= 11 is 0. The topological polar surface area (TPSA) is 18.5 Å². The fourth-order valence-electron chi connectivity index (χ4n) is 3.48. The van der Waals surface area contributed by atoms with E-state index in [1.165, 1.54) is 58.3 Å². The first-order chi connectivity index (χ1) is 8.09. The largest absolute Gasteiger partial charge is 0.310 e. The minimum absolute atomic E-state index is 0.351. The van der Waals surface area contributed by atoms with Crippen LogP contribution in [-0.4, -0.2) is 61.7 Å². The van der Waals surface area contributed by atoms with Crippen LogP contribution < -0.4 is 5.32 Å². The lowest BCUT2D eigenvalue weighted by atomic mass is 9.90. The molecule has 2 saturated heterocycles. The van der Waals surface area contributed by atoms with E-state index >= 15 is 0 Å². The fourth-order valence-corrected chi connectivity index (χ4v) is 3.48. The Morgan fingerprint density at radius 3 is 2.76 bits per heavy atom. The molecule has 0 aromatic carbocycles. The summed E-state index contributed by atoms with van der Waals surface area (Å²) < 4.78 is 0. The second-order valence-electron chi connectivity index (χ2n) is 6.42. The highest BCUT2D eigenvalue weighted by Crippen LogP contribution is 2.21. The van der Waals surface area contributed by atoms with E-state index in [0.29, 0.717) is 5.54 Å². The first kappa shape index (κ1) is 13.3. The van der Waals surface area contributed by atoms with Gasteiger partial charge in [-0.2, -0.15) is 0 Å². The van der Waals surface area contributed by atoms with Gasteiger partial charge in [-0.15, -0.1) is 0 Å². The molecular weight excluding hydrogens is 210 g/mol. The summed E-state index contributed by atoms with van der Waals surface area (Å²) in [5.41, 5.74) is 0.351. The van der Waals surface area contributed by atoms with Crippen molar-refractivity contribution in [2.24, 2.45) is 0 Å². The number of nitrogens with zero attached hydrogens (tertiary/aromatic N) is 2. The Kier molecular flexibility index (Phi) is 4.45. The summed E-state index contributed by atoms with van der Waals surface area (Å²) in [5, 5.41) is 3.71.